The van der Waals surface area contributed by atoms with Gasteiger partial charge < -0.3 is 25.2 Å². The van der Waals surface area contributed by atoms with Gasteiger partial charge in [0.1, 0.15) is 6.10 Å². The van der Waals surface area contributed by atoms with Crippen molar-refractivity contribution in [2.45, 2.75) is 37.0 Å². The second-order valence-corrected chi connectivity index (χ2v) is 6.87. The first-order valence-electron chi connectivity index (χ1n) is 7.84. The topological polar surface area (TPSA) is 68.0 Å². The van der Waals surface area contributed by atoms with Crippen molar-refractivity contribution in [3.05, 3.63) is 35.4 Å². The van der Waals surface area contributed by atoms with E-state index in [4.69, 9.17) is 27.4 Å². The van der Waals surface area contributed by atoms with E-state index in [0.29, 0.717) is 18.1 Å². The molecule has 0 bridgehead atoms. The minimum absolute atomic E-state index is 0.0844. The molecule has 0 amide bonds. The molecule has 1 aliphatic carbocycles. The SMILES string of the molecule is COc1ccc2c3c1O[C@H]1C[C@@H](O)C=CC31CCN(C(N)=S)C2. The normalized spacial score (nSPS) is 31.0. The van der Waals surface area contributed by atoms with Crippen molar-refractivity contribution in [3.8, 4) is 11.5 Å². The molecule has 122 valence electrons. The molecule has 3 N–H and O–H groups in total. The third-order valence-electron chi connectivity index (χ3n) is 5.27. The Morgan fingerprint density at radius 1 is 1.52 bits per heavy atom. The van der Waals surface area contributed by atoms with Crippen molar-refractivity contribution in [2.24, 2.45) is 5.73 Å². The van der Waals surface area contributed by atoms with Crippen molar-refractivity contribution in [1.29, 1.82) is 0 Å². The van der Waals surface area contributed by atoms with Gasteiger partial charge in [-0.25, -0.2) is 0 Å². The lowest BCUT2D eigenvalue weighted by molar-refractivity contribution is 0.0833. The number of methoxy groups -OCH3 is 1. The van der Waals surface area contributed by atoms with E-state index in [1.165, 1.54) is 5.56 Å². The summed E-state index contributed by atoms with van der Waals surface area (Å²) in [5.74, 6) is 1.54. The Morgan fingerprint density at radius 2 is 2.35 bits per heavy atom. The molecule has 3 aliphatic rings. The highest BCUT2D eigenvalue weighted by atomic mass is 32.1. The Labute approximate surface area is 140 Å². The van der Waals surface area contributed by atoms with Crippen molar-refractivity contribution in [1.82, 2.24) is 4.90 Å². The summed E-state index contributed by atoms with van der Waals surface area (Å²) in [5, 5.41) is 10.4. The quantitative estimate of drug-likeness (QED) is 0.599. The number of nitrogens with two attached hydrogens (primary N) is 1. The Bertz CT molecular complexity index is 705. The summed E-state index contributed by atoms with van der Waals surface area (Å²) in [7, 11) is 1.65. The van der Waals surface area contributed by atoms with Crippen molar-refractivity contribution >= 4 is 17.3 Å². The van der Waals surface area contributed by atoms with Gasteiger partial charge in [-0.05, 0) is 30.3 Å². The predicted molar refractivity (Wildman–Crippen MR) is 90.7 cm³/mol. The van der Waals surface area contributed by atoms with Crippen LogP contribution in [0.25, 0.3) is 0 Å². The molecule has 1 aromatic carbocycles. The second-order valence-electron chi connectivity index (χ2n) is 6.45. The first-order valence-corrected chi connectivity index (χ1v) is 8.25. The summed E-state index contributed by atoms with van der Waals surface area (Å²) < 4.78 is 11.7. The lowest BCUT2D eigenvalue weighted by atomic mass is 9.69. The van der Waals surface area contributed by atoms with Crippen molar-refractivity contribution < 1.29 is 14.6 Å². The van der Waals surface area contributed by atoms with Crippen LogP contribution in [0.4, 0.5) is 0 Å². The van der Waals surface area contributed by atoms with Crippen LogP contribution in [-0.2, 0) is 12.0 Å². The van der Waals surface area contributed by atoms with Crippen LogP contribution in [0.3, 0.4) is 0 Å². The number of ether oxygens (including phenoxy) is 2. The minimum Gasteiger partial charge on any atom is -0.493 e. The molecule has 0 saturated carbocycles. The summed E-state index contributed by atoms with van der Waals surface area (Å²) in [6.45, 7) is 1.45. The fourth-order valence-corrected chi connectivity index (χ4v) is 4.28. The van der Waals surface area contributed by atoms with Crippen LogP contribution in [0.15, 0.2) is 24.3 Å². The Balaban J connectivity index is 1.92. The standard InChI is InChI=1S/C17H20N2O3S/c1-21-12-3-2-10-9-19(16(18)23)7-6-17-5-4-11(20)8-13(17)22-15(12)14(10)17/h2-5,11,13,20H,6-9H2,1H3,(H2,18,23)/t11-,13-,17?/m0/s1. The van der Waals surface area contributed by atoms with Gasteiger partial charge in [0, 0.05) is 25.1 Å². The van der Waals surface area contributed by atoms with Crippen LogP contribution in [-0.4, -0.2) is 41.0 Å². The molecule has 1 unspecified atom stereocenters. The van der Waals surface area contributed by atoms with E-state index >= 15 is 0 Å². The van der Waals surface area contributed by atoms with Gasteiger partial charge in [0.05, 0.1) is 18.6 Å². The van der Waals surface area contributed by atoms with E-state index in [1.807, 2.05) is 17.0 Å². The third-order valence-corrected chi connectivity index (χ3v) is 5.53. The van der Waals surface area contributed by atoms with Gasteiger partial charge in [0.15, 0.2) is 16.6 Å². The summed E-state index contributed by atoms with van der Waals surface area (Å²) in [6, 6.07) is 4.00. The number of thiocarbonyl (C=S) groups is 1. The summed E-state index contributed by atoms with van der Waals surface area (Å²) in [5.41, 5.74) is 7.98. The first kappa shape index (κ1) is 14.8. The molecule has 0 aromatic heterocycles. The van der Waals surface area contributed by atoms with Crippen molar-refractivity contribution in [3.63, 3.8) is 0 Å². The van der Waals surface area contributed by atoms with Crippen LogP contribution < -0.4 is 15.2 Å². The molecular formula is C17H20N2O3S. The zero-order valence-electron chi connectivity index (χ0n) is 13.0. The highest BCUT2D eigenvalue weighted by Gasteiger charge is 2.52. The smallest absolute Gasteiger partial charge is 0.166 e. The molecule has 1 aromatic rings. The molecule has 5 nitrogen and oxygen atoms in total. The number of hydrogen-bond acceptors (Lipinski definition) is 4. The fourth-order valence-electron chi connectivity index (χ4n) is 4.12. The van der Waals surface area contributed by atoms with Gasteiger partial charge in [-0.2, -0.15) is 0 Å². The monoisotopic (exact) mass is 332 g/mol. The second kappa shape index (κ2) is 5.11. The van der Waals surface area contributed by atoms with Crippen LogP contribution in [0.1, 0.15) is 24.0 Å². The summed E-state index contributed by atoms with van der Waals surface area (Å²) >= 11 is 5.20. The molecule has 4 rings (SSSR count). The van der Waals surface area contributed by atoms with Crippen LogP contribution in [0.2, 0.25) is 0 Å². The first-order chi connectivity index (χ1) is 11.0. The Kier molecular flexibility index (Phi) is 3.28. The molecule has 0 saturated heterocycles. The molecule has 2 heterocycles. The van der Waals surface area contributed by atoms with E-state index in [-0.39, 0.29) is 11.5 Å². The zero-order valence-corrected chi connectivity index (χ0v) is 13.8. The van der Waals surface area contributed by atoms with E-state index in [9.17, 15) is 5.11 Å². The maximum Gasteiger partial charge on any atom is 0.166 e. The number of nitrogens with zero attached hydrogens (tertiary/aromatic N) is 1. The average Bonchev–Trinajstić information content (AvgIpc) is 2.75. The fraction of sp³-hybridized carbons (Fsp3) is 0.471. The molecule has 6 heteroatoms. The lowest BCUT2D eigenvalue weighted by Crippen LogP contribution is -2.43. The molecule has 2 aliphatic heterocycles. The van der Waals surface area contributed by atoms with Gasteiger partial charge in [0.2, 0.25) is 0 Å². The third kappa shape index (κ3) is 2.05. The van der Waals surface area contributed by atoms with E-state index in [0.717, 1.165) is 30.0 Å². The van der Waals surface area contributed by atoms with E-state index < -0.39 is 6.10 Å². The molecule has 3 atom stereocenters. The van der Waals surface area contributed by atoms with Gasteiger partial charge in [-0.1, -0.05) is 18.2 Å². The van der Waals surface area contributed by atoms with Crippen LogP contribution >= 0.6 is 12.2 Å². The number of aliphatic hydroxyl groups excluding tert-OH is 1. The summed E-state index contributed by atoms with van der Waals surface area (Å²) in [6.07, 6.45) is 4.88. The highest BCUT2D eigenvalue weighted by molar-refractivity contribution is 7.80. The van der Waals surface area contributed by atoms with Gasteiger partial charge in [-0.3, -0.25) is 0 Å². The predicted octanol–water partition coefficient (Wildman–Crippen LogP) is 1.46. The van der Waals surface area contributed by atoms with Crippen LogP contribution in [0, 0.1) is 0 Å². The largest absolute Gasteiger partial charge is 0.493 e. The van der Waals surface area contributed by atoms with Gasteiger partial charge in [-0.15, -0.1) is 0 Å². The number of rotatable bonds is 1. The van der Waals surface area contributed by atoms with E-state index in [2.05, 4.69) is 12.1 Å². The zero-order chi connectivity index (χ0) is 16.2. The Morgan fingerprint density at radius 3 is 3.09 bits per heavy atom. The molecule has 0 fully saturated rings. The average molecular weight is 332 g/mol. The lowest BCUT2D eigenvalue weighted by Gasteiger charge is -2.35. The highest BCUT2D eigenvalue weighted by Crippen LogP contribution is 2.55. The van der Waals surface area contributed by atoms with E-state index in [1.54, 1.807) is 7.11 Å². The number of hydrogen-bond donors (Lipinski definition) is 2. The van der Waals surface area contributed by atoms with Crippen LogP contribution in [0.5, 0.6) is 11.5 Å². The van der Waals surface area contributed by atoms with Gasteiger partial charge in [0.25, 0.3) is 0 Å². The molecular weight excluding hydrogens is 312 g/mol. The molecule has 0 radical (unpaired) electrons. The Hall–Kier alpha value is -1.79. The maximum absolute atomic E-state index is 10.0. The molecule has 1 spiro atoms. The number of benzene rings is 1. The maximum atomic E-state index is 10.0. The van der Waals surface area contributed by atoms with Gasteiger partial charge >= 0.3 is 0 Å². The number of aliphatic hydroxyl groups is 1. The summed E-state index contributed by atoms with van der Waals surface area (Å²) in [4.78, 5) is 2.03. The minimum atomic E-state index is -0.468. The van der Waals surface area contributed by atoms with Crippen molar-refractivity contribution in [2.75, 3.05) is 13.7 Å². The molecule has 23 heavy (non-hydrogen) atoms.